The predicted molar refractivity (Wildman–Crippen MR) is 59.4 cm³/mol. The molecule has 1 amide bonds. The summed E-state index contributed by atoms with van der Waals surface area (Å²) in [6, 6.07) is -0.0659. The number of piperidine rings is 1. The van der Waals surface area contributed by atoms with E-state index in [1.807, 2.05) is 6.92 Å². The molecule has 1 aliphatic heterocycles. The molecular weight excluding hydrogens is 238 g/mol. The average Bonchev–Trinajstić information content (AvgIpc) is 2.81. The second-order valence-electron chi connectivity index (χ2n) is 4.50. The van der Waals surface area contributed by atoms with Gasteiger partial charge in [0, 0.05) is 12.6 Å². The van der Waals surface area contributed by atoms with Gasteiger partial charge in [-0.05, 0) is 30.2 Å². The minimum atomic E-state index is -0.783. The first-order valence-corrected chi connectivity index (χ1v) is 5.81. The molecule has 0 bridgehead atoms. The van der Waals surface area contributed by atoms with Gasteiger partial charge in [-0.1, -0.05) is 0 Å². The van der Waals surface area contributed by atoms with Gasteiger partial charge < -0.3 is 10.0 Å². The van der Waals surface area contributed by atoms with Gasteiger partial charge in [0.15, 0.2) is 0 Å². The molecule has 2 rings (SSSR count). The molecule has 0 spiro atoms. The fourth-order valence-corrected chi connectivity index (χ4v) is 2.25. The number of carbonyl (C=O) groups excluding carboxylic acids is 1. The van der Waals surface area contributed by atoms with Gasteiger partial charge in [0.2, 0.25) is 5.91 Å². The molecule has 8 heteroatoms. The summed E-state index contributed by atoms with van der Waals surface area (Å²) < 4.78 is 1.36. The number of hydrogen-bond donors (Lipinski definition) is 1. The molecule has 1 aromatic heterocycles. The summed E-state index contributed by atoms with van der Waals surface area (Å²) in [6.07, 6.45) is 2.38. The number of nitrogens with zero attached hydrogens (tertiary/aromatic N) is 5. The lowest BCUT2D eigenvalue weighted by molar-refractivity contribution is -0.147. The van der Waals surface area contributed by atoms with E-state index in [0.29, 0.717) is 19.4 Å². The third-order valence-electron chi connectivity index (χ3n) is 3.23. The van der Waals surface area contributed by atoms with Crippen LogP contribution >= 0.6 is 0 Å². The lowest BCUT2D eigenvalue weighted by Crippen LogP contribution is -2.47. The van der Waals surface area contributed by atoms with E-state index in [1.54, 1.807) is 4.90 Å². The zero-order chi connectivity index (χ0) is 13.1. The number of carbonyl (C=O) groups is 2. The lowest BCUT2D eigenvalue weighted by Gasteiger charge is -2.36. The van der Waals surface area contributed by atoms with Crippen molar-refractivity contribution in [2.75, 3.05) is 6.54 Å². The number of aromatic nitrogens is 4. The number of aliphatic carboxylic acids is 1. The fraction of sp³-hybridized carbons (Fsp3) is 0.700. The fourth-order valence-electron chi connectivity index (χ4n) is 2.25. The molecule has 1 saturated heterocycles. The van der Waals surface area contributed by atoms with Crippen molar-refractivity contribution in [2.45, 2.75) is 32.4 Å². The molecule has 2 unspecified atom stereocenters. The van der Waals surface area contributed by atoms with Crippen molar-refractivity contribution < 1.29 is 14.7 Å². The van der Waals surface area contributed by atoms with Crippen molar-refractivity contribution in [1.29, 1.82) is 0 Å². The van der Waals surface area contributed by atoms with E-state index in [-0.39, 0.29) is 24.4 Å². The molecule has 98 valence electrons. The van der Waals surface area contributed by atoms with E-state index < -0.39 is 5.97 Å². The zero-order valence-corrected chi connectivity index (χ0v) is 10.1. The third-order valence-corrected chi connectivity index (χ3v) is 3.23. The number of hydrogen-bond acceptors (Lipinski definition) is 5. The smallest absolute Gasteiger partial charge is 0.306 e. The van der Waals surface area contributed by atoms with Gasteiger partial charge in [0.25, 0.3) is 0 Å². The Morgan fingerprint density at radius 1 is 1.50 bits per heavy atom. The Balaban J connectivity index is 1.94. The maximum atomic E-state index is 12.0. The molecule has 18 heavy (non-hydrogen) atoms. The van der Waals surface area contributed by atoms with E-state index in [2.05, 4.69) is 15.5 Å². The maximum absolute atomic E-state index is 12.0. The van der Waals surface area contributed by atoms with Crippen molar-refractivity contribution in [3.8, 4) is 0 Å². The van der Waals surface area contributed by atoms with Gasteiger partial charge in [-0.15, -0.1) is 5.10 Å². The van der Waals surface area contributed by atoms with Crippen LogP contribution in [0.5, 0.6) is 0 Å². The van der Waals surface area contributed by atoms with Gasteiger partial charge in [0.05, 0.1) is 5.92 Å². The zero-order valence-electron chi connectivity index (χ0n) is 10.1. The van der Waals surface area contributed by atoms with Gasteiger partial charge in [-0.25, -0.2) is 4.68 Å². The number of likely N-dealkylation sites (tertiary alicyclic amines) is 1. The molecule has 0 radical (unpaired) electrons. The van der Waals surface area contributed by atoms with Crippen molar-refractivity contribution >= 4 is 11.9 Å². The van der Waals surface area contributed by atoms with E-state index >= 15 is 0 Å². The first-order chi connectivity index (χ1) is 8.58. The van der Waals surface area contributed by atoms with Crippen molar-refractivity contribution in [2.24, 2.45) is 5.92 Å². The highest BCUT2D eigenvalue weighted by atomic mass is 16.4. The summed E-state index contributed by atoms with van der Waals surface area (Å²) >= 11 is 0. The van der Waals surface area contributed by atoms with Crippen molar-refractivity contribution in [3.63, 3.8) is 0 Å². The largest absolute Gasteiger partial charge is 0.481 e. The van der Waals surface area contributed by atoms with Crippen LogP contribution < -0.4 is 0 Å². The number of carboxylic acids is 1. The van der Waals surface area contributed by atoms with Crippen molar-refractivity contribution in [1.82, 2.24) is 25.1 Å². The topological polar surface area (TPSA) is 101 Å². The Morgan fingerprint density at radius 2 is 2.28 bits per heavy atom. The number of carboxylic acid groups (broad SMARTS) is 1. The van der Waals surface area contributed by atoms with Crippen LogP contribution in [0.4, 0.5) is 0 Å². The number of amides is 1. The van der Waals surface area contributed by atoms with Crippen LogP contribution in [-0.2, 0) is 16.1 Å². The molecule has 1 aromatic rings. The van der Waals surface area contributed by atoms with Crippen LogP contribution in [0.3, 0.4) is 0 Å². The van der Waals surface area contributed by atoms with Crippen LogP contribution in [0.1, 0.15) is 19.8 Å². The summed E-state index contributed by atoms with van der Waals surface area (Å²) in [4.78, 5) is 24.6. The normalized spacial score (nSPS) is 23.9. The standard InChI is InChI=1S/C10H15N5O3/c1-7-4-8(10(17)18)2-3-15(7)9(16)5-14-6-11-12-13-14/h6-8H,2-5H2,1H3,(H,17,18). The van der Waals surface area contributed by atoms with Crippen LogP contribution in [0, 0.1) is 5.92 Å². The molecule has 2 heterocycles. The molecule has 1 fully saturated rings. The van der Waals surface area contributed by atoms with Crippen LogP contribution in [0.25, 0.3) is 0 Å². The maximum Gasteiger partial charge on any atom is 0.306 e. The quantitative estimate of drug-likeness (QED) is 0.770. The summed E-state index contributed by atoms with van der Waals surface area (Å²) in [5.41, 5.74) is 0. The Morgan fingerprint density at radius 3 is 2.83 bits per heavy atom. The first-order valence-electron chi connectivity index (χ1n) is 5.81. The summed E-state index contributed by atoms with van der Waals surface area (Å²) in [5.74, 6) is -1.22. The monoisotopic (exact) mass is 253 g/mol. The van der Waals surface area contributed by atoms with Crippen LogP contribution in [0.15, 0.2) is 6.33 Å². The van der Waals surface area contributed by atoms with Gasteiger partial charge >= 0.3 is 5.97 Å². The second kappa shape index (κ2) is 5.11. The van der Waals surface area contributed by atoms with Gasteiger partial charge in [-0.2, -0.15) is 0 Å². The molecule has 8 nitrogen and oxygen atoms in total. The summed E-state index contributed by atoms with van der Waals surface area (Å²) in [7, 11) is 0. The summed E-state index contributed by atoms with van der Waals surface area (Å²) in [6.45, 7) is 2.43. The molecule has 1 N–H and O–H groups in total. The van der Waals surface area contributed by atoms with E-state index in [0.717, 1.165) is 0 Å². The minimum absolute atomic E-state index is 0.0659. The highest BCUT2D eigenvalue weighted by Crippen LogP contribution is 2.23. The van der Waals surface area contributed by atoms with E-state index in [9.17, 15) is 9.59 Å². The SMILES string of the molecule is CC1CC(C(=O)O)CCN1C(=O)Cn1cnnn1. The molecular formula is C10H15N5O3. The Kier molecular flexibility index (Phi) is 3.54. The minimum Gasteiger partial charge on any atom is -0.481 e. The lowest BCUT2D eigenvalue weighted by atomic mass is 9.92. The second-order valence-corrected chi connectivity index (χ2v) is 4.50. The van der Waals surface area contributed by atoms with Gasteiger partial charge in [0.1, 0.15) is 12.9 Å². The molecule has 1 aliphatic rings. The van der Waals surface area contributed by atoms with Crippen LogP contribution in [0.2, 0.25) is 0 Å². The van der Waals surface area contributed by atoms with Crippen molar-refractivity contribution in [3.05, 3.63) is 6.33 Å². The Bertz CT molecular complexity index is 433. The van der Waals surface area contributed by atoms with E-state index in [4.69, 9.17) is 5.11 Å². The average molecular weight is 253 g/mol. The molecule has 0 aliphatic carbocycles. The molecule has 0 saturated carbocycles. The highest BCUT2D eigenvalue weighted by Gasteiger charge is 2.32. The highest BCUT2D eigenvalue weighted by molar-refractivity contribution is 5.77. The Labute approximate surface area is 104 Å². The van der Waals surface area contributed by atoms with Gasteiger partial charge in [-0.3, -0.25) is 9.59 Å². The first kappa shape index (κ1) is 12.5. The number of tetrazole rings is 1. The van der Waals surface area contributed by atoms with Crippen LogP contribution in [-0.4, -0.2) is 54.7 Å². The third kappa shape index (κ3) is 2.63. The predicted octanol–water partition coefficient (Wildman–Crippen LogP) is -0.615. The Hall–Kier alpha value is -1.99. The van der Waals surface area contributed by atoms with E-state index in [1.165, 1.54) is 11.0 Å². The molecule has 2 atom stereocenters. The molecule has 0 aromatic carbocycles. The summed E-state index contributed by atoms with van der Waals surface area (Å²) in [5, 5.41) is 19.5. The number of rotatable bonds is 3.